The second-order valence-electron chi connectivity index (χ2n) is 5.14. The van der Waals surface area contributed by atoms with Crippen molar-refractivity contribution in [1.29, 1.82) is 0 Å². The third-order valence-corrected chi connectivity index (χ3v) is 3.63. The molecule has 0 fully saturated rings. The lowest BCUT2D eigenvalue weighted by Gasteiger charge is -2.19. The van der Waals surface area contributed by atoms with Gasteiger partial charge in [0.2, 0.25) is 0 Å². The number of ether oxygens (including phenoxy) is 2. The predicted molar refractivity (Wildman–Crippen MR) is 80.8 cm³/mol. The zero-order valence-corrected chi connectivity index (χ0v) is 12.5. The Morgan fingerprint density at radius 3 is 2.81 bits per heavy atom. The first kappa shape index (κ1) is 13.9. The summed E-state index contributed by atoms with van der Waals surface area (Å²) in [5.74, 6) is 2.64. The number of imidazole rings is 1. The molecule has 1 aliphatic heterocycles. The number of rotatable bonds is 4. The zero-order valence-electron chi connectivity index (χ0n) is 12.5. The number of aryl methyl sites for hydroxylation is 1. The number of hydrogen-bond donors (Lipinski definition) is 1. The Bertz CT molecular complexity index is 609. The monoisotopic (exact) mass is 287 g/mol. The molecule has 1 aliphatic rings. The number of fused-ring (bicyclic) bond motifs is 1. The lowest BCUT2D eigenvalue weighted by molar-refractivity contribution is 0.297. The Morgan fingerprint density at radius 2 is 2.10 bits per heavy atom. The highest BCUT2D eigenvalue weighted by Gasteiger charge is 2.20. The lowest BCUT2D eigenvalue weighted by Crippen LogP contribution is -2.24. The van der Waals surface area contributed by atoms with Crippen LogP contribution in [0.3, 0.4) is 0 Å². The Hall–Kier alpha value is -2.01. The van der Waals surface area contributed by atoms with Gasteiger partial charge in [0, 0.05) is 25.9 Å². The van der Waals surface area contributed by atoms with Gasteiger partial charge in [-0.2, -0.15) is 0 Å². The topological polar surface area (TPSA) is 48.3 Å². The maximum atomic E-state index is 5.79. The summed E-state index contributed by atoms with van der Waals surface area (Å²) in [4.78, 5) is 4.47. The average Bonchev–Trinajstić information content (AvgIpc) is 2.78. The Kier molecular flexibility index (Phi) is 4.10. The van der Waals surface area contributed by atoms with Crippen molar-refractivity contribution in [3.05, 3.63) is 42.0 Å². The van der Waals surface area contributed by atoms with Crippen LogP contribution in [0.15, 0.2) is 30.6 Å². The molecule has 1 unspecified atom stereocenters. The molecule has 5 nitrogen and oxygen atoms in total. The van der Waals surface area contributed by atoms with E-state index in [9.17, 15) is 0 Å². The van der Waals surface area contributed by atoms with Gasteiger partial charge < -0.3 is 19.4 Å². The average molecular weight is 287 g/mol. The summed E-state index contributed by atoms with van der Waals surface area (Å²) in [6.45, 7) is 4.37. The van der Waals surface area contributed by atoms with Gasteiger partial charge >= 0.3 is 0 Å². The van der Waals surface area contributed by atoms with Crippen molar-refractivity contribution in [1.82, 2.24) is 14.9 Å². The van der Waals surface area contributed by atoms with Gasteiger partial charge in [0.05, 0.1) is 19.3 Å². The smallest absolute Gasteiger partial charge is 0.161 e. The summed E-state index contributed by atoms with van der Waals surface area (Å²) in [5, 5.41) is 3.48. The van der Waals surface area contributed by atoms with E-state index in [1.807, 2.05) is 30.1 Å². The fourth-order valence-corrected chi connectivity index (χ4v) is 2.58. The fourth-order valence-electron chi connectivity index (χ4n) is 2.58. The van der Waals surface area contributed by atoms with Crippen molar-refractivity contribution in [2.24, 2.45) is 7.05 Å². The Labute approximate surface area is 124 Å². The lowest BCUT2D eigenvalue weighted by atomic mass is 10.1. The number of benzene rings is 1. The standard InChI is InChI=1S/C16H21N3O2/c1-3-17-15(16-18-7-8-19(16)2)12-5-6-13-14(11-12)21-10-4-9-20-13/h5-8,11,15,17H,3-4,9-10H2,1-2H3. The van der Waals surface area contributed by atoms with E-state index in [4.69, 9.17) is 9.47 Å². The molecule has 3 rings (SSSR count). The quantitative estimate of drug-likeness (QED) is 0.937. The molecule has 0 aliphatic carbocycles. The van der Waals surface area contributed by atoms with Crippen LogP contribution in [-0.2, 0) is 7.05 Å². The first-order valence-electron chi connectivity index (χ1n) is 7.39. The van der Waals surface area contributed by atoms with E-state index in [2.05, 4.69) is 29.4 Å². The van der Waals surface area contributed by atoms with E-state index in [1.165, 1.54) is 0 Å². The molecule has 5 heteroatoms. The summed E-state index contributed by atoms with van der Waals surface area (Å²) >= 11 is 0. The molecular weight excluding hydrogens is 266 g/mol. The van der Waals surface area contributed by atoms with Crippen molar-refractivity contribution in [2.75, 3.05) is 19.8 Å². The van der Waals surface area contributed by atoms with Crippen LogP contribution in [0, 0.1) is 0 Å². The molecule has 0 amide bonds. The molecule has 1 aromatic carbocycles. The molecule has 0 saturated carbocycles. The Morgan fingerprint density at radius 1 is 1.29 bits per heavy atom. The van der Waals surface area contributed by atoms with Crippen molar-refractivity contribution < 1.29 is 9.47 Å². The van der Waals surface area contributed by atoms with Gasteiger partial charge in [-0.25, -0.2) is 4.98 Å². The third kappa shape index (κ3) is 2.88. The first-order chi connectivity index (χ1) is 10.3. The van der Waals surface area contributed by atoms with Crippen LogP contribution in [-0.4, -0.2) is 29.3 Å². The van der Waals surface area contributed by atoms with Crippen LogP contribution in [0.4, 0.5) is 0 Å². The van der Waals surface area contributed by atoms with Crippen LogP contribution in [0.1, 0.15) is 30.8 Å². The van der Waals surface area contributed by atoms with Gasteiger partial charge in [-0.3, -0.25) is 0 Å². The molecule has 112 valence electrons. The summed E-state index contributed by atoms with van der Waals surface area (Å²) in [7, 11) is 2.01. The van der Waals surface area contributed by atoms with Gasteiger partial charge in [-0.1, -0.05) is 13.0 Å². The van der Waals surface area contributed by atoms with Gasteiger partial charge in [0.15, 0.2) is 11.5 Å². The molecule has 2 aromatic rings. The maximum Gasteiger partial charge on any atom is 0.161 e. The third-order valence-electron chi connectivity index (χ3n) is 3.63. The van der Waals surface area contributed by atoms with Crippen molar-refractivity contribution >= 4 is 0 Å². The molecule has 1 aromatic heterocycles. The molecule has 21 heavy (non-hydrogen) atoms. The number of hydrogen-bond acceptors (Lipinski definition) is 4. The molecule has 1 N–H and O–H groups in total. The SMILES string of the molecule is CCNC(c1ccc2c(c1)OCCCO2)c1nccn1C. The van der Waals surface area contributed by atoms with E-state index >= 15 is 0 Å². The molecule has 1 atom stereocenters. The predicted octanol–water partition coefficient (Wildman–Crippen LogP) is 2.28. The van der Waals surface area contributed by atoms with Crippen molar-refractivity contribution in [3.63, 3.8) is 0 Å². The molecular formula is C16H21N3O2. The van der Waals surface area contributed by atoms with Crippen LogP contribution < -0.4 is 14.8 Å². The maximum absolute atomic E-state index is 5.79. The summed E-state index contributed by atoms with van der Waals surface area (Å²) in [6.07, 6.45) is 4.70. The van der Waals surface area contributed by atoms with Crippen LogP contribution in [0.25, 0.3) is 0 Å². The summed E-state index contributed by atoms with van der Waals surface area (Å²) in [5.41, 5.74) is 1.13. The van der Waals surface area contributed by atoms with Gasteiger partial charge in [-0.15, -0.1) is 0 Å². The molecule has 2 heterocycles. The van der Waals surface area contributed by atoms with Crippen LogP contribution >= 0.6 is 0 Å². The van der Waals surface area contributed by atoms with Crippen LogP contribution in [0.5, 0.6) is 11.5 Å². The van der Waals surface area contributed by atoms with E-state index in [-0.39, 0.29) is 6.04 Å². The second kappa shape index (κ2) is 6.18. The molecule has 0 bridgehead atoms. The van der Waals surface area contributed by atoms with Crippen molar-refractivity contribution in [3.8, 4) is 11.5 Å². The van der Waals surface area contributed by atoms with Gasteiger partial charge in [0.25, 0.3) is 0 Å². The molecule has 0 saturated heterocycles. The molecule has 0 radical (unpaired) electrons. The normalized spacial score (nSPS) is 15.5. The minimum Gasteiger partial charge on any atom is -0.490 e. The fraction of sp³-hybridized carbons (Fsp3) is 0.438. The number of nitrogens with zero attached hydrogens (tertiary/aromatic N) is 2. The van der Waals surface area contributed by atoms with E-state index in [0.29, 0.717) is 13.2 Å². The Balaban J connectivity index is 1.96. The highest BCUT2D eigenvalue weighted by atomic mass is 16.5. The number of nitrogens with one attached hydrogen (secondary N) is 1. The van der Waals surface area contributed by atoms with Gasteiger partial charge in [0.1, 0.15) is 5.82 Å². The van der Waals surface area contributed by atoms with Gasteiger partial charge in [-0.05, 0) is 24.2 Å². The highest BCUT2D eigenvalue weighted by molar-refractivity contribution is 5.45. The van der Waals surface area contributed by atoms with E-state index in [1.54, 1.807) is 0 Å². The van der Waals surface area contributed by atoms with Crippen molar-refractivity contribution in [2.45, 2.75) is 19.4 Å². The highest BCUT2D eigenvalue weighted by Crippen LogP contribution is 2.33. The summed E-state index contributed by atoms with van der Waals surface area (Å²) in [6, 6.07) is 6.17. The minimum absolute atomic E-state index is 0.0483. The first-order valence-corrected chi connectivity index (χ1v) is 7.39. The largest absolute Gasteiger partial charge is 0.490 e. The second-order valence-corrected chi connectivity index (χ2v) is 5.14. The number of aromatic nitrogens is 2. The zero-order chi connectivity index (χ0) is 14.7. The minimum atomic E-state index is 0.0483. The molecule has 0 spiro atoms. The summed E-state index contributed by atoms with van der Waals surface area (Å²) < 4.78 is 13.5. The van der Waals surface area contributed by atoms with Crippen LogP contribution in [0.2, 0.25) is 0 Å². The van der Waals surface area contributed by atoms with E-state index in [0.717, 1.165) is 35.9 Å². The van der Waals surface area contributed by atoms with E-state index < -0.39 is 0 Å².